The molecule has 16 heavy (non-hydrogen) atoms. The molecule has 4 nitrogen and oxygen atoms in total. The lowest BCUT2D eigenvalue weighted by molar-refractivity contribution is 0.0948. The zero-order chi connectivity index (χ0) is 11.8. The first kappa shape index (κ1) is 12.2. The molecule has 0 fully saturated rings. The summed E-state index contributed by atoms with van der Waals surface area (Å²) in [5.41, 5.74) is 1.41. The molecule has 0 unspecified atom stereocenters. The minimum atomic E-state index is -0.145. The average Bonchev–Trinajstić information content (AvgIpc) is 2.34. The van der Waals surface area contributed by atoms with Crippen molar-refractivity contribution in [1.29, 1.82) is 5.26 Å². The standard InChI is InChI=1S/C12H15N3O/c1-2-8-14-12(16)11-6-5-10(9-15-11)4-3-7-13/h5-6,9H,2-4,8H2,1H3,(H,14,16). The third-order valence-electron chi connectivity index (χ3n) is 2.12. The molecule has 0 aliphatic rings. The number of nitrogens with one attached hydrogen (secondary N) is 1. The molecular formula is C12H15N3O. The molecule has 0 atom stereocenters. The summed E-state index contributed by atoms with van der Waals surface area (Å²) in [5, 5.41) is 11.2. The third-order valence-corrected chi connectivity index (χ3v) is 2.12. The smallest absolute Gasteiger partial charge is 0.269 e. The van der Waals surface area contributed by atoms with Crippen LogP contribution in [0.3, 0.4) is 0 Å². The van der Waals surface area contributed by atoms with Gasteiger partial charge in [0.2, 0.25) is 0 Å². The van der Waals surface area contributed by atoms with E-state index in [0.717, 1.165) is 12.0 Å². The van der Waals surface area contributed by atoms with Gasteiger partial charge >= 0.3 is 0 Å². The molecule has 0 aromatic carbocycles. The van der Waals surface area contributed by atoms with E-state index in [2.05, 4.69) is 16.4 Å². The first-order chi connectivity index (χ1) is 7.77. The van der Waals surface area contributed by atoms with E-state index in [1.54, 1.807) is 12.3 Å². The quantitative estimate of drug-likeness (QED) is 0.816. The van der Waals surface area contributed by atoms with E-state index < -0.39 is 0 Å². The summed E-state index contributed by atoms with van der Waals surface area (Å²) >= 11 is 0. The van der Waals surface area contributed by atoms with Crippen LogP contribution >= 0.6 is 0 Å². The first-order valence-electron chi connectivity index (χ1n) is 5.38. The second-order valence-electron chi connectivity index (χ2n) is 3.47. The highest BCUT2D eigenvalue weighted by Crippen LogP contribution is 2.03. The van der Waals surface area contributed by atoms with Crippen molar-refractivity contribution in [2.24, 2.45) is 0 Å². The molecule has 0 spiro atoms. The van der Waals surface area contributed by atoms with Gasteiger partial charge in [-0.25, -0.2) is 0 Å². The Hall–Kier alpha value is -1.89. The number of nitriles is 1. The largest absolute Gasteiger partial charge is 0.351 e. The summed E-state index contributed by atoms with van der Waals surface area (Å²) in [4.78, 5) is 15.6. The maximum atomic E-state index is 11.5. The lowest BCUT2D eigenvalue weighted by Gasteiger charge is -2.03. The van der Waals surface area contributed by atoms with Gasteiger partial charge in [0.05, 0.1) is 6.07 Å². The Balaban J connectivity index is 2.57. The molecule has 1 N–H and O–H groups in total. The molecule has 0 saturated carbocycles. The second-order valence-corrected chi connectivity index (χ2v) is 3.47. The monoisotopic (exact) mass is 217 g/mol. The van der Waals surface area contributed by atoms with Crippen LogP contribution in [0.25, 0.3) is 0 Å². The second kappa shape index (κ2) is 6.57. The molecule has 0 saturated heterocycles. The van der Waals surface area contributed by atoms with E-state index in [0.29, 0.717) is 25.1 Å². The van der Waals surface area contributed by atoms with Gasteiger partial charge in [0.1, 0.15) is 5.69 Å². The lowest BCUT2D eigenvalue weighted by Crippen LogP contribution is -2.24. The zero-order valence-corrected chi connectivity index (χ0v) is 9.36. The molecule has 1 amide bonds. The maximum absolute atomic E-state index is 11.5. The van der Waals surface area contributed by atoms with Crippen LogP contribution in [-0.4, -0.2) is 17.4 Å². The topological polar surface area (TPSA) is 65.8 Å². The number of amides is 1. The molecule has 0 radical (unpaired) electrons. The molecule has 1 rings (SSSR count). The molecule has 1 heterocycles. The molecule has 1 aromatic heterocycles. The van der Waals surface area contributed by atoms with Gasteiger partial charge in [-0.3, -0.25) is 9.78 Å². The Morgan fingerprint density at radius 1 is 1.56 bits per heavy atom. The number of carbonyl (C=O) groups excluding carboxylic acids is 1. The summed E-state index contributed by atoms with van der Waals surface area (Å²) in [6.07, 6.45) is 3.72. The number of carbonyl (C=O) groups is 1. The summed E-state index contributed by atoms with van der Waals surface area (Å²) in [7, 11) is 0. The van der Waals surface area contributed by atoms with Crippen molar-refractivity contribution in [2.45, 2.75) is 26.2 Å². The van der Waals surface area contributed by atoms with E-state index in [1.165, 1.54) is 0 Å². The van der Waals surface area contributed by atoms with Gasteiger partial charge in [0.25, 0.3) is 5.91 Å². The number of hydrogen-bond donors (Lipinski definition) is 1. The van der Waals surface area contributed by atoms with Crippen molar-refractivity contribution in [3.8, 4) is 6.07 Å². The van der Waals surface area contributed by atoms with Gasteiger partial charge in [-0.05, 0) is 24.5 Å². The molecule has 0 aliphatic carbocycles. The van der Waals surface area contributed by atoms with Crippen LogP contribution < -0.4 is 5.32 Å². The number of pyridine rings is 1. The summed E-state index contributed by atoms with van der Waals surface area (Å²) in [6, 6.07) is 5.61. The SMILES string of the molecule is CCCNC(=O)c1ccc(CCC#N)cn1. The van der Waals surface area contributed by atoms with Crippen molar-refractivity contribution in [2.75, 3.05) is 6.54 Å². The van der Waals surface area contributed by atoms with Crippen LogP contribution in [-0.2, 0) is 6.42 Å². The highest BCUT2D eigenvalue weighted by molar-refractivity contribution is 5.92. The van der Waals surface area contributed by atoms with E-state index in [9.17, 15) is 4.79 Å². The van der Waals surface area contributed by atoms with E-state index in [1.807, 2.05) is 13.0 Å². The van der Waals surface area contributed by atoms with E-state index >= 15 is 0 Å². The zero-order valence-electron chi connectivity index (χ0n) is 9.36. The number of aryl methyl sites for hydroxylation is 1. The van der Waals surface area contributed by atoms with Crippen LogP contribution in [0.4, 0.5) is 0 Å². The maximum Gasteiger partial charge on any atom is 0.269 e. The molecule has 0 aliphatic heterocycles. The number of rotatable bonds is 5. The molecular weight excluding hydrogens is 202 g/mol. The van der Waals surface area contributed by atoms with E-state index in [4.69, 9.17) is 5.26 Å². The fraction of sp³-hybridized carbons (Fsp3) is 0.417. The normalized spacial score (nSPS) is 9.50. The Kier molecular flexibility index (Phi) is 5.00. The Morgan fingerprint density at radius 3 is 2.94 bits per heavy atom. The summed E-state index contributed by atoms with van der Waals surface area (Å²) < 4.78 is 0. The molecule has 4 heteroatoms. The van der Waals surface area contributed by atoms with Gasteiger partial charge < -0.3 is 5.32 Å². The first-order valence-corrected chi connectivity index (χ1v) is 5.38. The van der Waals surface area contributed by atoms with Crippen LogP contribution in [0.2, 0.25) is 0 Å². The highest BCUT2D eigenvalue weighted by atomic mass is 16.1. The highest BCUT2D eigenvalue weighted by Gasteiger charge is 2.05. The van der Waals surface area contributed by atoms with Crippen LogP contribution in [0.5, 0.6) is 0 Å². The third kappa shape index (κ3) is 3.70. The van der Waals surface area contributed by atoms with Gasteiger partial charge in [-0.15, -0.1) is 0 Å². The van der Waals surface area contributed by atoms with Gasteiger partial charge in [-0.2, -0.15) is 5.26 Å². The van der Waals surface area contributed by atoms with Crippen molar-refractivity contribution in [1.82, 2.24) is 10.3 Å². The predicted molar refractivity (Wildman–Crippen MR) is 60.8 cm³/mol. The molecule has 0 bridgehead atoms. The van der Waals surface area contributed by atoms with Gasteiger partial charge in [0.15, 0.2) is 0 Å². The van der Waals surface area contributed by atoms with Crippen LogP contribution in [0.1, 0.15) is 35.8 Å². The Morgan fingerprint density at radius 2 is 2.38 bits per heavy atom. The molecule has 84 valence electrons. The lowest BCUT2D eigenvalue weighted by atomic mass is 10.1. The average molecular weight is 217 g/mol. The van der Waals surface area contributed by atoms with Crippen molar-refractivity contribution >= 4 is 5.91 Å². The van der Waals surface area contributed by atoms with Gasteiger partial charge in [-0.1, -0.05) is 13.0 Å². The van der Waals surface area contributed by atoms with Crippen molar-refractivity contribution in [3.63, 3.8) is 0 Å². The van der Waals surface area contributed by atoms with Crippen LogP contribution in [0.15, 0.2) is 18.3 Å². The summed E-state index contributed by atoms with van der Waals surface area (Å²) in [5.74, 6) is -0.145. The van der Waals surface area contributed by atoms with E-state index in [-0.39, 0.29) is 5.91 Å². The number of hydrogen-bond acceptors (Lipinski definition) is 3. The minimum absolute atomic E-state index is 0.145. The number of aromatic nitrogens is 1. The fourth-order valence-electron chi connectivity index (χ4n) is 1.24. The Labute approximate surface area is 95.3 Å². The molecule has 1 aromatic rings. The van der Waals surface area contributed by atoms with Crippen molar-refractivity contribution in [3.05, 3.63) is 29.6 Å². The Bertz CT molecular complexity index is 378. The summed E-state index contributed by atoms with van der Waals surface area (Å²) in [6.45, 7) is 2.66. The van der Waals surface area contributed by atoms with Crippen LogP contribution in [0, 0.1) is 11.3 Å². The number of nitrogens with zero attached hydrogens (tertiary/aromatic N) is 2. The predicted octanol–water partition coefficient (Wildman–Crippen LogP) is 1.68. The minimum Gasteiger partial charge on any atom is -0.351 e. The van der Waals surface area contributed by atoms with Gasteiger partial charge in [0, 0.05) is 19.2 Å². The fourth-order valence-corrected chi connectivity index (χ4v) is 1.24. The van der Waals surface area contributed by atoms with Crippen molar-refractivity contribution < 1.29 is 4.79 Å².